The first-order valence-electron chi connectivity index (χ1n) is 8.43. The van der Waals surface area contributed by atoms with Crippen LogP contribution in [0.4, 0.5) is 0 Å². The Balaban J connectivity index is 1.78. The van der Waals surface area contributed by atoms with Gasteiger partial charge in [0.15, 0.2) is 0 Å². The highest BCUT2D eigenvalue weighted by Crippen LogP contribution is 2.21. The largest absolute Gasteiger partial charge is 0.481 e. The second kappa shape index (κ2) is 9.18. The number of piperidine rings is 1. The van der Waals surface area contributed by atoms with Crippen molar-refractivity contribution in [1.82, 2.24) is 10.2 Å². The van der Waals surface area contributed by atoms with Gasteiger partial charge in [-0.15, -0.1) is 0 Å². The van der Waals surface area contributed by atoms with Crippen LogP contribution in [0.15, 0.2) is 28.7 Å². The van der Waals surface area contributed by atoms with Crippen LogP contribution in [0.3, 0.4) is 0 Å². The number of amides is 1. The predicted octanol–water partition coefficient (Wildman–Crippen LogP) is 3.20. The zero-order valence-electron chi connectivity index (χ0n) is 14.0. The highest BCUT2D eigenvalue weighted by molar-refractivity contribution is 9.10. The maximum absolute atomic E-state index is 12.3. The minimum Gasteiger partial charge on any atom is -0.481 e. The summed E-state index contributed by atoms with van der Waals surface area (Å²) in [5.41, 5.74) is 1.07. The van der Waals surface area contributed by atoms with Crippen LogP contribution in [-0.4, -0.2) is 41.5 Å². The Morgan fingerprint density at radius 1 is 1.38 bits per heavy atom. The van der Waals surface area contributed by atoms with Crippen molar-refractivity contribution in [2.75, 3.05) is 19.6 Å². The van der Waals surface area contributed by atoms with Gasteiger partial charge in [-0.1, -0.05) is 28.1 Å². The van der Waals surface area contributed by atoms with E-state index in [4.69, 9.17) is 5.11 Å². The second-order valence-corrected chi connectivity index (χ2v) is 7.43. The predicted molar refractivity (Wildman–Crippen MR) is 96.7 cm³/mol. The number of halogens is 1. The van der Waals surface area contributed by atoms with Crippen molar-refractivity contribution in [2.45, 2.75) is 38.6 Å². The van der Waals surface area contributed by atoms with Crippen LogP contribution >= 0.6 is 15.9 Å². The van der Waals surface area contributed by atoms with Crippen molar-refractivity contribution in [3.8, 4) is 0 Å². The van der Waals surface area contributed by atoms with Crippen molar-refractivity contribution in [3.05, 3.63) is 34.3 Å². The number of carbonyl (C=O) groups excluding carboxylic acids is 1. The Bertz CT molecular complexity index is 562. The lowest BCUT2D eigenvalue weighted by Crippen LogP contribution is -2.43. The molecule has 0 aromatic heterocycles. The van der Waals surface area contributed by atoms with E-state index in [9.17, 15) is 9.59 Å². The van der Waals surface area contributed by atoms with Gasteiger partial charge in [0.05, 0.1) is 12.6 Å². The molecule has 2 rings (SSSR count). The summed E-state index contributed by atoms with van der Waals surface area (Å²) >= 11 is 3.41. The Kier molecular flexibility index (Phi) is 7.24. The number of nitrogens with one attached hydrogen (secondary N) is 1. The lowest BCUT2D eigenvalue weighted by Gasteiger charge is -2.32. The summed E-state index contributed by atoms with van der Waals surface area (Å²) in [6.45, 7) is 4.08. The molecular weight excluding hydrogens is 372 g/mol. The zero-order valence-corrected chi connectivity index (χ0v) is 15.6. The van der Waals surface area contributed by atoms with Crippen molar-refractivity contribution in [1.29, 1.82) is 0 Å². The normalized spacial score (nSPS) is 19.7. The minimum atomic E-state index is -0.742. The third-order valence-corrected chi connectivity index (χ3v) is 5.01. The molecule has 1 aliphatic rings. The van der Waals surface area contributed by atoms with Crippen LogP contribution in [0, 0.1) is 5.92 Å². The van der Waals surface area contributed by atoms with Crippen LogP contribution in [0.25, 0.3) is 0 Å². The van der Waals surface area contributed by atoms with Gasteiger partial charge >= 0.3 is 5.97 Å². The molecule has 0 aliphatic carbocycles. The highest BCUT2D eigenvalue weighted by atomic mass is 79.9. The standard InChI is InChI=1S/C18H25BrN2O3/c1-13(15-5-7-16(19)8-6-15)20-17(22)12-21-10-2-3-14(11-21)4-9-18(23)24/h5-8,13-14H,2-4,9-12H2,1H3,(H,20,22)(H,23,24). The number of benzene rings is 1. The maximum Gasteiger partial charge on any atom is 0.303 e. The monoisotopic (exact) mass is 396 g/mol. The van der Waals surface area contributed by atoms with Crippen LogP contribution in [0.1, 0.15) is 44.2 Å². The maximum atomic E-state index is 12.3. The first-order valence-corrected chi connectivity index (χ1v) is 9.22. The molecule has 2 unspecified atom stereocenters. The fourth-order valence-corrected chi connectivity index (χ4v) is 3.45. The number of carbonyl (C=O) groups is 2. The quantitative estimate of drug-likeness (QED) is 0.742. The number of aliphatic carboxylic acids is 1. The summed E-state index contributed by atoms with van der Waals surface area (Å²) in [6, 6.07) is 7.90. The molecule has 1 aromatic carbocycles. The number of likely N-dealkylation sites (tertiary alicyclic amines) is 1. The highest BCUT2D eigenvalue weighted by Gasteiger charge is 2.22. The van der Waals surface area contributed by atoms with Gasteiger partial charge in [-0.25, -0.2) is 0 Å². The van der Waals surface area contributed by atoms with Crippen molar-refractivity contribution >= 4 is 27.8 Å². The Morgan fingerprint density at radius 3 is 2.75 bits per heavy atom. The average molecular weight is 397 g/mol. The molecule has 1 aromatic rings. The van der Waals surface area contributed by atoms with E-state index in [0.29, 0.717) is 18.9 Å². The number of carboxylic acids is 1. The van der Waals surface area contributed by atoms with Crippen LogP contribution in [0.2, 0.25) is 0 Å². The van der Waals surface area contributed by atoms with E-state index >= 15 is 0 Å². The zero-order chi connectivity index (χ0) is 17.5. The Morgan fingerprint density at radius 2 is 2.08 bits per heavy atom. The van der Waals surface area contributed by atoms with Gasteiger partial charge in [-0.2, -0.15) is 0 Å². The third-order valence-electron chi connectivity index (χ3n) is 4.48. The van der Waals surface area contributed by atoms with Crippen LogP contribution in [0.5, 0.6) is 0 Å². The Hall–Kier alpha value is -1.40. The van der Waals surface area contributed by atoms with Gasteiger partial charge in [0, 0.05) is 17.4 Å². The molecular formula is C18H25BrN2O3. The molecule has 0 radical (unpaired) electrons. The van der Waals surface area contributed by atoms with E-state index in [1.807, 2.05) is 31.2 Å². The molecule has 1 amide bonds. The third kappa shape index (κ3) is 6.24. The van der Waals surface area contributed by atoms with Crippen LogP contribution in [-0.2, 0) is 9.59 Å². The molecule has 1 heterocycles. The van der Waals surface area contributed by atoms with Crippen molar-refractivity contribution in [3.63, 3.8) is 0 Å². The number of nitrogens with zero attached hydrogens (tertiary/aromatic N) is 1. The summed E-state index contributed by atoms with van der Waals surface area (Å²) in [4.78, 5) is 25.1. The molecule has 132 valence electrons. The molecule has 5 nitrogen and oxygen atoms in total. The minimum absolute atomic E-state index is 0.0179. The van der Waals surface area contributed by atoms with E-state index in [1.165, 1.54) is 0 Å². The first-order chi connectivity index (χ1) is 11.4. The van der Waals surface area contributed by atoms with Gasteiger partial charge < -0.3 is 10.4 Å². The molecule has 2 atom stereocenters. The summed E-state index contributed by atoms with van der Waals surface area (Å²) in [5, 5.41) is 11.8. The van der Waals surface area contributed by atoms with Gasteiger partial charge in [0.1, 0.15) is 0 Å². The fraction of sp³-hybridized carbons (Fsp3) is 0.556. The molecule has 1 saturated heterocycles. The van der Waals surface area contributed by atoms with Crippen molar-refractivity contribution in [2.24, 2.45) is 5.92 Å². The first kappa shape index (κ1) is 18.9. The van der Waals surface area contributed by atoms with E-state index in [1.54, 1.807) is 0 Å². The lowest BCUT2D eigenvalue weighted by atomic mass is 9.93. The molecule has 0 spiro atoms. The smallest absolute Gasteiger partial charge is 0.303 e. The van der Waals surface area contributed by atoms with Gasteiger partial charge in [-0.05, 0) is 56.3 Å². The SMILES string of the molecule is CC(NC(=O)CN1CCCC(CCC(=O)O)C1)c1ccc(Br)cc1. The molecule has 0 bridgehead atoms. The van der Waals surface area contributed by atoms with E-state index in [0.717, 1.165) is 36.0 Å². The molecule has 1 aliphatic heterocycles. The molecule has 2 N–H and O–H groups in total. The molecule has 6 heteroatoms. The van der Waals surface area contributed by atoms with E-state index < -0.39 is 5.97 Å². The van der Waals surface area contributed by atoms with E-state index in [2.05, 4.69) is 26.1 Å². The number of hydrogen-bond acceptors (Lipinski definition) is 3. The van der Waals surface area contributed by atoms with Gasteiger partial charge in [-0.3, -0.25) is 14.5 Å². The Labute approximate surface area is 151 Å². The number of hydrogen-bond donors (Lipinski definition) is 2. The van der Waals surface area contributed by atoms with Gasteiger partial charge in [0.25, 0.3) is 0 Å². The number of carboxylic acid groups (broad SMARTS) is 1. The summed E-state index contributed by atoms with van der Waals surface area (Å²) in [5.74, 6) is -0.343. The summed E-state index contributed by atoms with van der Waals surface area (Å²) in [6.07, 6.45) is 2.99. The van der Waals surface area contributed by atoms with Crippen LogP contribution < -0.4 is 5.32 Å². The number of rotatable bonds is 7. The second-order valence-electron chi connectivity index (χ2n) is 6.52. The van der Waals surface area contributed by atoms with E-state index in [-0.39, 0.29) is 18.4 Å². The molecule has 0 saturated carbocycles. The topological polar surface area (TPSA) is 69.6 Å². The summed E-state index contributed by atoms with van der Waals surface area (Å²) < 4.78 is 1.02. The molecule has 24 heavy (non-hydrogen) atoms. The lowest BCUT2D eigenvalue weighted by molar-refractivity contribution is -0.137. The summed E-state index contributed by atoms with van der Waals surface area (Å²) in [7, 11) is 0. The van der Waals surface area contributed by atoms with Crippen molar-refractivity contribution < 1.29 is 14.7 Å². The van der Waals surface area contributed by atoms with Gasteiger partial charge in [0.2, 0.25) is 5.91 Å². The fourth-order valence-electron chi connectivity index (χ4n) is 3.18. The average Bonchev–Trinajstić information content (AvgIpc) is 2.53. The molecule has 1 fully saturated rings.